The van der Waals surface area contributed by atoms with Crippen LogP contribution >= 0.6 is 0 Å². The van der Waals surface area contributed by atoms with E-state index in [0.29, 0.717) is 23.7 Å². The lowest BCUT2D eigenvalue weighted by atomic mass is 9.60. The van der Waals surface area contributed by atoms with Crippen molar-refractivity contribution in [3.63, 3.8) is 0 Å². The first-order valence-electron chi connectivity index (χ1n) is 11.3. The van der Waals surface area contributed by atoms with E-state index in [9.17, 15) is 0 Å². The predicted octanol–water partition coefficient (Wildman–Crippen LogP) is 7.62. The molecule has 1 nitrogen and oxygen atoms in total. The van der Waals surface area contributed by atoms with Gasteiger partial charge in [0.25, 0.3) is 0 Å². The second-order valence-corrected chi connectivity index (χ2v) is 10.2. The zero-order valence-corrected chi connectivity index (χ0v) is 18.1. The number of fused-ring (bicyclic) bond motifs is 1. The molecule has 3 saturated carbocycles. The standard InChI is InChI=1S/C26H39N/c1-18-16-20(3)21(4)23(17-18)11-10-22-9-6-14-26(5)24(12-13-25(22)26)19(2)8-7-15-27/h10-11,18-20,24-25H,4,6-9,12-14,16-17H2,1-3,5H3/b22-10+,23-11-/t18-,19+,20-,24?,25-,26+/m0/s1. The minimum atomic E-state index is 0.446. The van der Waals surface area contributed by atoms with Crippen molar-refractivity contribution in [1.82, 2.24) is 0 Å². The smallest absolute Gasteiger partial charge is 0.0621 e. The van der Waals surface area contributed by atoms with Gasteiger partial charge in [-0.05, 0) is 97.5 Å². The molecule has 0 N–H and O–H groups in total. The van der Waals surface area contributed by atoms with Crippen LogP contribution in [0.1, 0.15) is 85.5 Å². The zero-order valence-electron chi connectivity index (χ0n) is 18.1. The van der Waals surface area contributed by atoms with Crippen LogP contribution in [0.2, 0.25) is 0 Å². The van der Waals surface area contributed by atoms with Crippen LogP contribution in [0.25, 0.3) is 0 Å². The van der Waals surface area contributed by atoms with Crippen LogP contribution in [-0.4, -0.2) is 0 Å². The monoisotopic (exact) mass is 365 g/mol. The van der Waals surface area contributed by atoms with Gasteiger partial charge in [0, 0.05) is 6.42 Å². The molecular weight excluding hydrogens is 326 g/mol. The van der Waals surface area contributed by atoms with E-state index in [-0.39, 0.29) is 0 Å². The maximum atomic E-state index is 8.98. The molecule has 0 radical (unpaired) electrons. The van der Waals surface area contributed by atoms with Crippen molar-refractivity contribution in [2.45, 2.75) is 85.5 Å². The molecule has 0 saturated heterocycles. The highest BCUT2D eigenvalue weighted by Gasteiger charge is 2.50. The number of allylic oxidation sites excluding steroid dienone is 5. The summed E-state index contributed by atoms with van der Waals surface area (Å²) in [5, 5.41) is 8.98. The Balaban J connectivity index is 1.78. The van der Waals surface area contributed by atoms with Gasteiger partial charge in [-0.2, -0.15) is 5.26 Å². The Hall–Kier alpha value is -1.29. The van der Waals surface area contributed by atoms with Gasteiger partial charge in [-0.25, -0.2) is 0 Å². The molecule has 0 bridgehead atoms. The van der Waals surface area contributed by atoms with Crippen LogP contribution < -0.4 is 0 Å². The summed E-state index contributed by atoms with van der Waals surface area (Å²) in [6, 6.07) is 2.36. The molecule has 0 aromatic heterocycles. The van der Waals surface area contributed by atoms with E-state index >= 15 is 0 Å². The Morgan fingerprint density at radius 1 is 1.30 bits per heavy atom. The molecule has 0 aromatic rings. The van der Waals surface area contributed by atoms with Gasteiger partial charge < -0.3 is 0 Å². The lowest BCUT2D eigenvalue weighted by Gasteiger charge is -2.44. The highest BCUT2D eigenvalue weighted by molar-refractivity contribution is 5.37. The van der Waals surface area contributed by atoms with Gasteiger partial charge in [0.15, 0.2) is 0 Å². The van der Waals surface area contributed by atoms with Crippen molar-refractivity contribution in [3.8, 4) is 6.07 Å². The quantitative estimate of drug-likeness (QED) is 0.502. The van der Waals surface area contributed by atoms with Crippen molar-refractivity contribution < 1.29 is 0 Å². The van der Waals surface area contributed by atoms with E-state index in [1.165, 1.54) is 56.1 Å². The van der Waals surface area contributed by atoms with E-state index in [0.717, 1.165) is 24.2 Å². The molecule has 1 heteroatoms. The largest absolute Gasteiger partial charge is 0.198 e. The summed E-state index contributed by atoms with van der Waals surface area (Å²) in [4.78, 5) is 0. The summed E-state index contributed by atoms with van der Waals surface area (Å²) >= 11 is 0. The average molecular weight is 366 g/mol. The van der Waals surface area contributed by atoms with E-state index in [4.69, 9.17) is 5.26 Å². The molecule has 0 amide bonds. The molecule has 3 fully saturated rings. The second kappa shape index (κ2) is 8.38. The maximum absolute atomic E-state index is 8.98. The Morgan fingerprint density at radius 3 is 2.81 bits per heavy atom. The highest BCUT2D eigenvalue weighted by atomic mass is 14.5. The third kappa shape index (κ3) is 4.11. The van der Waals surface area contributed by atoms with Crippen LogP contribution in [0.4, 0.5) is 0 Å². The molecule has 148 valence electrons. The van der Waals surface area contributed by atoms with Crippen LogP contribution in [-0.2, 0) is 0 Å². The number of nitriles is 1. The van der Waals surface area contributed by atoms with Gasteiger partial charge in [0.05, 0.1) is 6.07 Å². The fraction of sp³-hybridized carbons (Fsp3) is 0.731. The van der Waals surface area contributed by atoms with Gasteiger partial charge >= 0.3 is 0 Å². The van der Waals surface area contributed by atoms with Gasteiger partial charge in [-0.3, -0.25) is 0 Å². The Labute approximate surface area is 167 Å². The van der Waals surface area contributed by atoms with Crippen molar-refractivity contribution in [2.75, 3.05) is 0 Å². The molecule has 27 heavy (non-hydrogen) atoms. The first-order chi connectivity index (χ1) is 12.9. The van der Waals surface area contributed by atoms with E-state index in [2.05, 4.69) is 52.5 Å². The molecule has 3 aliphatic rings. The fourth-order valence-electron chi connectivity index (χ4n) is 6.74. The molecule has 3 aliphatic carbocycles. The molecular formula is C26H39N. The topological polar surface area (TPSA) is 23.8 Å². The van der Waals surface area contributed by atoms with Gasteiger partial charge in [-0.1, -0.05) is 52.0 Å². The number of hydrogen-bond donors (Lipinski definition) is 0. The summed E-state index contributed by atoms with van der Waals surface area (Å²) in [7, 11) is 0. The number of nitrogens with zero attached hydrogens (tertiary/aromatic N) is 1. The Bertz CT molecular complexity index is 660. The minimum Gasteiger partial charge on any atom is -0.198 e. The predicted molar refractivity (Wildman–Crippen MR) is 115 cm³/mol. The molecule has 0 aliphatic heterocycles. The van der Waals surface area contributed by atoms with Gasteiger partial charge in [0.2, 0.25) is 0 Å². The SMILES string of the molecule is C=C1/C(=C\C=C2/CCC[C@]3(C)C([C@H](C)CCC#N)CC[C@@H]23)C[C@@H](C)C[C@@H]1C. The maximum Gasteiger partial charge on any atom is 0.0621 e. The fourth-order valence-corrected chi connectivity index (χ4v) is 6.74. The van der Waals surface area contributed by atoms with E-state index in [1.54, 1.807) is 5.57 Å². The molecule has 0 heterocycles. The summed E-state index contributed by atoms with van der Waals surface area (Å²) in [5.74, 6) is 3.63. The van der Waals surface area contributed by atoms with Gasteiger partial charge in [-0.15, -0.1) is 0 Å². The van der Waals surface area contributed by atoms with Crippen molar-refractivity contribution >= 4 is 0 Å². The second-order valence-electron chi connectivity index (χ2n) is 10.2. The van der Waals surface area contributed by atoms with Crippen LogP contribution in [0.15, 0.2) is 35.5 Å². The van der Waals surface area contributed by atoms with Crippen molar-refractivity contribution in [1.29, 1.82) is 5.26 Å². The normalized spacial score (nSPS) is 40.8. The lowest BCUT2D eigenvalue weighted by Crippen LogP contribution is -2.36. The van der Waals surface area contributed by atoms with Crippen LogP contribution in [0.3, 0.4) is 0 Å². The molecule has 1 unspecified atom stereocenters. The summed E-state index contributed by atoms with van der Waals surface area (Å²) in [6.45, 7) is 14.1. The van der Waals surface area contributed by atoms with E-state index in [1.807, 2.05) is 0 Å². The zero-order chi connectivity index (χ0) is 19.6. The first-order valence-corrected chi connectivity index (χ1v) is 11.3. The Morgan fingerprint density at radius 2 is 2.07 bits per heavy atom. The van der Waals surface area contributed by atoms with Crippen LogP contribution in [0, 0.1) is 46.3 Å². The summed E-state index contributed by atoms with van der Waals surface area (Å²) < 4.78 is 0. The lowest BCUT2D eigenvalue weighted by molar-refractivity contribution is 0.0948. The molecule has 6 atom stereocenters. The van der Waals surface area contributed by atoms with Crippen LogP contribution in [0.5, 0.6) is 0 Å². The number of hydrogen-bond acceptors (Lipinski definition) is 1. The molecule has 0 spiro atoms. The highest BCUT2D eigenvalue weighted by Crippen LogP contribution is 2.59. The first kappa shape index (κ1) is 20.4. The third-order valence-corrected chi connectivity index (χ3v) is 8.27. The minimum absolute atomic E-state index is 0.446. The molecule has 3 rings (SSSR count). The third-order valence-electron chi connectivity index (χ3n) is 8.27. The molecule has 0 aromatic carbocycles. The van der Waals surface area contributed by atoms with Gasteiger partial charge in [0.1, 0.15) is 0 Å². The van der Waals surface area contributed by atoms with Crippen molar-refractivity contribution in [2.24, 2.45) is 35.0 Å². The number of rotatable bonds is 4. The average Bonchev–Trinajstić information content (AvgIpc) is 2.99. The Kier molecular flexibility index (Phi) is 6.35. The van der Waals surface area contributed by atoms with E-state index < -0.39 is 0 Å². The summed E-state index contributed by atoms with van der Waals surface area (Å²) in [6.07, 6.45) is 15.9. The van der Waals surface area contributed by atoms with Crippen molar-refractivity contribution in [3.05, 3.63) is 35.5 Å². The summed E-state index contributed by atoms with van der Waals surface area (Å²) in [5.41, 5.74) is 5.02.